The molecule has 3 aromatic rings. The van der Waals surface area contributed by atoms with E-state index in [1.807, 2.05) is 12.1 Å². The number of hydrogen-bond donors (Lipinski definition) is 0. The van der Waals surface area contributed by atoms with Crippen LogP contribution in [0, 0.1) is 0 Å². The lowest BCUT2D eigenvalue weighted by Crippen LogP contribution is -1.74. The summed E-state index contributed by atoms with van der Waals surface area (Å²) in [6, 6.07) is 29.7. The molecule has 21 heavy (non-hydrogen) atoms. The van der Waals surface area contributed by atoms with Crippen molar-refractivity contribution in [3.63, 3.8) is 0 Å². The molecule has 0 saturated carbocycles. The van der Waals surface area contributed by atoms with Crippen molar-refractivity contribution in [1.29, 1.82) is 0 Å². The average molecular weight is 327 g/mol. The summed E-state index contributed by atoms with van der Waals surface area (Å²) >= 11 is 1.79. The molecule has 0 N–H and O–H groups in total. The molecule has 0 aliphatic carbocycles. The summed E-state index contributed by atoms with van der Waals surface area (Å²) in [6.45, 7) is 0. The monoisotopic (exact) mass is 326 g/mol. The molecule has 3 heteroatoms. The normalized spacial score (nSPS) is 10.5. The van der Waals surface area contributed by atoms with Crippen LogP contribution in [0.15, 0.2) is 105 Å². The van der Waals surface area contributed by atoms with Crippen molar-refractivity contribution >= 4 is 33.3 Å². The van der Waals surface area contributed by atoms with E-state index in [-0.39, 0.29) is 0 Å². The van der Waals surface area contributed by atoms with E-state index in [0.29, 0.717) is 0 Å². The first kappa shape index (κ1) is 14.6. The fraction of sp³-hybridized carbons (Fsp3) is 0. The molecule has 0 saturated heterocycles. The third kappa shape index (κ3) is 4.60. The van der Waals surface area contributed by atoms with Gasteiger partial charge >= 0.3 is 0 Å². The van der Waals surface area contributed by atoms with E-state index in [2.05, 4.69) is 72.8 Å². The minimum absolute atomic E-state index is 1.27. The molecule has 0 nitrogen and oxygen atoms in total. The van der Waals surface area contributed by atoms with Gasteiger partial charge in [-0.3, -0.25) is 0 Å². The zero-order valence-corrected chi connectivity index (χ0v) is 13.8. The molecule has 0 atom stereocenters. The Hall–Kier alpha value is -1.29. The first-order valence-corrected chi connectivity index (χ1v) is 9.59. The molecule has 0 heterocycles. The molecule has 0 radical (unpaired) electrons. The summed E-state index contributed by atoms with van der Waals surface area (Å²) in [5, 5.41) is 0. The van der Waals surface area contributed by atoms with Gasteiger partial charge in [0.25, 0.3) is 0 Å². The van der Waals surface area contributed by atoms with E-state index in [1.165, 1.54) is 19.6 Å². The van der Waals surface area contributed by atoms with Gasteiger partial charge in [-0.15, -0.1) is 0 Å². The number of rotatable bonds is 5. The molecular formula is C18H14S3. The lowest BCUT2D eigenvalue weighted by molar-refractivity contribution is 1.34. The highest BCUT2D eigenvalue weighted by atomic mass is 33.1. The lowest BCUT2D eigenvalue weighted by Gasteiger charge is -2.04. The van der Waals surface area contributed by atoms with Crippen LogP contribution in [0.2, 0.25) is 0 Å². The molecule has 0 aliphatic rings. The van der Waals surface area contributed by atoms with Crippen molar-refractivity contribution in [2.75, 3.05) is 0 Å². The van der Waals surface area contributed by atoms with E-state index in [9.17, 15) is 0 Å². The van der Waals surface area contributed by atoms with Gasteiger partial charge in [-0.2, -0.15) is 0 Å². The fourth-order valence-electron chi connectivity index (χ4n) is 1.76. The standard InChI is InChI=1S/C18H14S3/c1-3-7-15(8-4-1)19-16-11-13-18(14-12-16)21-20-17-9-5-2-6-10-17/h1-14H. The highest BCUT2D eigenvalue weighted by Gasteiger charge is 1.99. The molecule has 3 aromatic carbocycles. The maximum absolute atomic E-state index is 2.19. The van der Waals surface area contributed by atoms with E-state index in [0.717, 1.165) is 0 Å². The molecule has 104 valence electrons. The molecule has 0 spiro atoms. The summed E-state index contributed by atoms with van der Waals surface area (Å²) in [7, 11) is 3.59. The predicted octanol–water partition coefficient (Wildman–Crippen LogP) is 6.64. The predicted molar refractivity (Wildman–Crippen MR) is 95.2 cm³/mol. The third-order valence-electron chi connectivity index (χ3n) is 2.78. The van der Waals surface area contributed by atoms with Crippen molar-refractivity contribution in [3.8, 4) is 0 Å². The Morgan fingerprint density at radius 2 is 0.762 bits per heavy atom. The summed E-state index contributed by atoms with van der Waals surface area (Å²) in [5.41, 5.74) is 0. The second-order valence-corrected chi connectivity index (χ2v) is 7.79. The van der Waals surface area contributed by atoms with Gasteiger partial charge in [0.2, 0.25) is 0 Å². The molecule has 0 aliphatic heterocycles. The second kappa shape index (κ2) is 7.64. The van der Waals surface area contributed by atoms with Crippen LogP contribution in [-0.2, 0) is 0 Å². The van der Waals surface area contributed by atoms with Crippen molar-refractivity contribution in [2.24, 2.45) is 0 Å². The van der Waals surface area contributed by atoms with Gasteiger partial charge in [-0.1, -0.05) is 69.7 Å². The quantitative estimate of drug-likeness (QED) is 0.482. The zero-order chi connectivity index (χ0) is 14.3. The number of benzene rings is 3. The van der Waals surface area contributed by atoms with Crippen LogP contribution in [0.25, 0.3) is 0 Å². The highest BCUT2D eigenvalue weighted by Crippen LogP contribution is 2.38. The van der Waals surface area contributed by atoms with Crippen LogP contribution in [-0.4, -0.2) is 0 Å². The summed E-state index contributed by atoms with van der Waals surface area (Å²) < 4.78 is 0. The van der Waals surface area contributed by atoms with Gasteiger partial charge in [-0.05, 0) is 48.5 Å². The Morgan fingerprint density at radius 3 is 1.33 bits per heavy atom. The van der Waals surface area contributed by atoms with E-state index < -0.39 is 0 Å². The summed E-state index contributed by atoms with van der Waals surface area (Å²) in [5.74, 6) is 0. The first-order chi connectivity index (χ1) is 10.4. The van der Waals surface area contributed by atoms with Gasteiger partial charge in [0.05, 0.1) is 0 Å². The third-order valence-corrected chi connectivity index (χ3v) is 6.21. The first-order valence-electron chi connectivity index (χ1n) is 6.63. The Morgan fingerprint density at radius 1 is 0.381 bits per heavy atom. The van der Waals surface area contributed by atoms with Crippen molar-refractivity contribution in [2.45, 2.75) is 19.6 Å². The highest BCUT2D eigenvalue weighted by molar-refractivity contribution is 8.76. The smallest absolute Gasteiger partial charge is 0.0187 e. The molecule has 0 fully saturated rings. The van der Waals surface area contributed by atoms with Gasteiger partial charge in [0.1, 0.15) is 0 Å². The summed E-state index contributed by atoms with van der Waals surface area (Å²) in [4.78, 5) is 5.11. The molecule has 0 aromatic heterocycles. The SMILES string of the molecule is c1ccc(SSc2ccc(Sc3ccccc3)cc2)cc1. The molecular weight excluding hydrogens is 312 g/mol. The Labute approximate surface area is 137 Å². The van der Waals surface area contributed by atoms with Gasteiger partial charge in [-0.25, -0.2) is 0 Å². The minimum atomic E-state index is 1.27. The van der Waals surface area contributed by atoms with Crippen molar-refractivity contribution in [1.82, 2.24) is 0 Å². The van der Waals surface area contributed by atoms with Crippen LogP contribution in [0.3, 0.4) is 0 Å². The van der Waals surface area contributed by atoms with Crippen LogP contribution in [0.1, 0.15) is 0 Å². The van der Waals surface area contributed by atoms with Crippen molar-refractivity contribution in [3.05, 3.63) is 84.9 Å². The largest absolute Gasteiger partial charge is 0.0901 e. The Balaban J connectivity index is 1.59. The number of hydrogen-bond acceptors (Lipinski definition) is 3. The molecule has 0 amide bonds. The molecule has 3 rings (SSSR count). The molecule has 0 unspecified atom stereocenters. The van der Waals surface area contributed by atoms with E-state index >= 15 is 0 Å². The van der Waals surface area contributed by atoms with Crippen LogP contribution in [0.4, 0.5) is 0 Å². The molecule has 0 bridgehead atoms. The fourth-order valence-corrected chi connectivity index (χ4v) is 4.55. The topological polar surface area (TPSA) is 0 Å². The van der Waals surface area contributed by atoms with Gasteiger partial charge in [0, 0.05) is 19.6 Å². The Kier molecular flexibility index (Phi) is 5.33. The Bertz CT molecular complexity index is 664. The van der Waals surface area contributed by atoms with Crippen molar-refractivity contribution < 1.29 is 0 Å². The lowest BCUT2D eigenvalue weighted by atomic mass is 10.4. The van der Waals surface area contributed by atoms with E-state index in [4.69, 9.17) is 0 Å². The maximum Gasteiger partial charge on any atom is 0.0187 e. The summed E-state index contributed by atoms with van der Waals surface area (Å²) in [6.07, 6.45) is 0. The van der Waals surface area contributed by atoms with Gasteiger partial charge in [0.15, 0.2) is 0 Å². The second-order valence-electron chi connectivity index (χ2n) is 4.37. The minimum Gasteiger partial charge on any atom is -0.0901 e. The zero-order valence-electron chi connectivity index (χ0n) is 11.3. The maximum atomic E-state index is 2.19. The van der Waals surface area contributed by atoms with Crippen LogP contribution < -0.4 is 0 Å². The van der Waals surface area contributed by atoms with E-state index in [1.54, 1.807) is 33.3 Å². The van der Waals surface area contributed by atoms with Crippen LogP contribution >= 0.6 is 33.3 Å². The average Bonchev–Trinajstić information content (AvgIpc) is 2.56. The van der Waals surface area contributed by atoms with Crippen LogP contribution in [0.5, 0.6) is 0 Å². The van der Waals surface area contributed by atoms with Gasteiger partial charge < -0.3 is 0 Å².